The van der Waals surface area contributed by atoms with Crippen LogP contribution in [0.4, 0.5) is 5.69 Å². The molecule has 21 heavy (non-hydrogen) atoms. The lowest BCUT2D eigenvalue weighted by Gasteiger charge is -2.03. The zero-order valence-corrected chi connectivity index (χ0v) is 10.9. The average molecular weight is 287 g/mol. The molecule has 0 bridgehead atoms. The van der Waals surface area contributed by atoms with E-state index in [1.807, 2.05) is 0 Å². The largest absolute Gasteiger partial charge is 0.337 e. The standard InChI is InChI=1S/C12H9N5O4/c1-7-14-11(21-15-7)5-16-6-13-10-4-8(17(19)20)2-3-9(10)12(16)18/h2-4,6H,5H2,1H3. The molecule has 0 amide bonds. The third-order valence-electron chi connectivity index (χ3n) is 2.89. The van der Waals surface area contributed by atoms with E-state index in [0.717, 1.165) is 0 Å². The summed E-state index contributed by atoms with van der Waals surface area (Å²) in [7, 11) is 0. The first-order valence-electron chi connectivity index (χ1n) is 5.97. The number of benzene rings is 1. The molecule has 9 heteroatoms. The lowest BCUT2D eigenvalue weighted by molar-refractivity contribution is -0.384. The molecular weight excluding hydrogens is 278 g/mol. The predicted molar refractivity (Wildman–Crippen MR) is 70.8 cm³/mol. The minimum Gasteiger partial charge on any atom is -0.337 e. The van der Waals surface area contributed by atoms with Gasteiger partial charge in [-0.25, -0.2) is 4.98 Å². The third kappa shape index (κ3) is 2.36. The summed E-state index contributed by atoms with van der Waals surface area (Å²) in [5.41, 5.74) is -0.169. The smallest absolute Gasteiger partial charge is 0.271 e. The number of aryl methyl sites for hydroxylation is 1. The van der Waals surface area contributed by atoms with Gasteiger partial charge in [0.2, 0.25) is 5.89 Å². The Bertz CT molecular complexity index is 898. The Balaban J connectivity index is 2.06. The van der Waals surface area contributed by atoms with Crippen molar-refractivity contribution >= 4 is 16.6 Å². The number of rotatable bonds is 3. The molecule has 0 saturated heterocycles. The van der Waals surface area contributed by atoms with Gasteiger partial charge in [0.15, 0.2) is 5.82 Å². The van der Waals surface area contributed by atoms with Gasteiger partial charge < -0.3 is 4.52 Å². The molecule has 0 N–H and O–H groups in total. The Labute approximate surface area is 117 Å². The summed E-state index contributed by atoms with van der Waals surface area (Å²) in [6, 6.07) is 3.92. The SMILES string of the molecule is Cc1noc(Cn2cnc3cc([N+](=O)[O-])ccc3c2=O)n1. The van der Waals surface area contributed by atoms with E-state index in [1.54, 1.807) is 6.92 Å². The van der Waals surface area contributed by atoms with E-state index < -0.39 is 4.92 Å². The first-order chi connectivity index (χ1) is 10.0. The van der Waals surface area contributed by atoms with E-state index in [9.17, 15) is 14.9 Å². The number of hydrogen-bond donors (Lipinski definition) is 0. The van der Waals surface area contributed by atoms with Gasteiger partial charge in [-0.2, -0.15) is 4.98 Å². The molecule has 0 spiro atoms. The molecule has 2 heterocycles. The van der Waals surface area contributed by atoms with Crippen molar-refractivity contribution in [1.29, 1.82) is 0 Å². The van der Waals surface area contributed by atoms with Gasteiger partial charge in [0.05, 0.1) is 22.2 Å². The van der Waals surface area contributed by atoms with Crippen LogP contribution in [0.15, 0.2) is 33.8 Å². The van der Waals surface area contributed by atoms with Crippen molar-refractivity contribution in [2.45, 2.75) is 13.5 Å². The fourth-order valence-electron chi connectivity index (χ4n) is 1.92. The first-order valence-corrected chi connectivity index (χ1v) is 5.97. The maximum atomic E-state index is 12.3. The second-order valence-electron chi connectivity index (χ2n) is 4.37. The second kappa shape index (κ2) is 4.78. The molecule has 0 fully saturated rings. The maximum Gasteiger partial charge on any atom is 0.271 e. The van der Waals surface area contributed by atoms with E-state index >= 15 is 0 Å². The minimum absolute atomic E-state index is 0.0968. The van der Waals surface area contributed by atoms with Crippen molar-refractivity contribution in [2.75, 3.05) is 0 Å². The summed E-state index contributed by atoms with van der Waals surface area (Å²) in [4.78, 5) is 30.5. The second-order valence-corrected chi connectivity index (χ2v) is 4.37. The Morgan fingerprint density at radius 3 is 2.90 bits per heavy atom. The number of non-ortho nitro benzene ring substituents is 1. The van der Waals surface area contributed by atoms with Crippen molar-refractivity contribution in [1.82, 2.24) is 19.7 Å². The molecule has 2 aromatic heterocycles. The maximum absolute atomic E-state index is 12.3. The molecule has 0 radical (unpaired) electrons. The molecule has 3 rings (SSSR count). The molecule has 0 unspecified atom stereocenters. The van der Waals surface area contributed by atoms with E-state index in [2.05, 4.69) is 15.1 Å². The molecule has 106 valence electrons. The molecule has 9 nitrogen and oxygen atoms in total. The highest BCUT2D eigenvalue weighted by molar-refractivity contribution is 5.79. The zero-order chi connectivity index (χ0) is 15.0. The highest BCUT2D eigenvalue weighted by atomic mass is 16.6. The summed E-state index contributed by atoms with van der Waals surface area (Å²) in [6.07, 6.45) is 1.30. The number of nitro benzene ring substituents is 1. The summed E-state index contributed by atoms with van der Waals surface area (Å²) in [5.74, 6) is 0.764. The monoisotopic (exact) mass is 287 g/mol. The van der Waals surface area contributed by atoms with Crippen LogP contribution in [0.5, 0.6) is 0 Å². The molecule has 1 aromatic carbocycles. The van der Waals surface area contributed by atoms with Gasteiger partial charge in [0.25, 0.3) is 11.2 Å². The normalized spacial score (nSPS) is 10.9. The number of nitrogens with zero attached hydrogens (tertiary/aromatic N) is 5. The summed E-state index contributed by atoms with van der Waals surface area (Å²) in [6.45, 7) is 1.77. The third-order valence-corrected chi connectivity index (χ3v) is 2.89. The Morgan fingerprint density at radius 1 is 1.43 bits per heavy atom. The van der Waals surface area contributed by atoms with Gasteiger partial charge >= 0.3 is 0 Å². The Hall–Kier alpha value is -3.10. The summed E-state index contributed by atoms with van der Waals surface area (Å²) in [5, 5.41) is 14.6. The van der Waals surface area contributed by atoms with E-state index in [4.69, 9.17) is 4.52 Å². The molecule has 0 aliphatic heterocycles. The molecule has 0 aliphatic carbocycles. The van der Waals surface area contributed by atoms with Crippen LogP contribution in [0.1, 0.15) is 11.7 Å². The topological polar surface area (TPSA) is 117 Å². The van der Waals surface area contributed by atoms with Gasteiger partial charge in [0, 0.05) is 12.1 Å². The van der Waals surface area contributed by atoms with E-state index in [0.29, 0.717) is 11.2 Å². The molecule has 0 atom stereocenters. The van der Waals surface area contributed by atoms with Crippen molar-refractivity contribution in [3.63, 3.8) is 0 Å². The highest BCUT2D eigenvalue weighted by Crippen LogP contribution is 2.16. The van der Waals surface area contributed by atoms with Crippen LogP contribution in [-0.2, 0) is 6.54 Å². The lowest BCUT2D eigenvalue weighted by Crippen LogP contribution is -2.21. The van der Waals surface area contributed by atoms with Crippen molar-refractivity contribution in [2.24, 2.45) is 0 Å². The predicted octanol–water partition coefficient (Wildman–Crippen LogP) is 1.04. The molecule has 0 saturated carbocycles. The summed E-state index contributed by atoms with van der Waals surface area (Å²) >= 11 is 0. The fourth-order valence-corrected chi connectivity index (χ4v) is 1.92. The lowest BCUT2D eigenvalue weighted by atomic mass is 10.2. The van der Waals surface area contributed by atoms with Crippen LogP contribution in [0.3, 0.4) is 0 Å². The van der Waals surface area contributed by atoms with Crippen LogP contribution < -0.4 is 5.56 Å². The minimum atomic E-state index is -0.534. The quantitative estimate of drug-likeness (QED) is 0.521. The number of aromatic nitrogens is 4. The zero-order valence-electron chi connectivity index (χ0n) is 10.9. The van der Waals surface area contributed by atoms with Crippen LogP contribution in [-0.4, -0.2) is 24.6 Å². The van der Waals surface area contributed by atoms with Gasteiger partial charge in [0.1, 0.15) is 6.54 Å². The van der Waals surface area contributed by atoms with E-state index in [-0.39, 0.29) is 29.2 Å². The van der Waals surface area contributed by atoms with Gasteiger partial charge in [-0.3, -0.25) is 19.5 Å². The molecular formula is C12H9N5O4. The number of hydrogen-bond acceptors (Lipinski definition) is 7. The molecule has 3 aromatic rings. The van der Waals surface area contributed by atoms with Crippen LogP contribution in [0.2, 0.25) is 0 Å². The van der Waals surface area contributed by atoms with Crippen molar-refractivity contribution < 1.29 is 9.45 Å². The number of nitro groups is 1. The number of fused-ring (bicyclic) bond motifs is 1. The van der Waals surface area contributed by atoms with Crippen molar-refractivity contribution in [3.8, 4) is 0 Å². The van der Waals surface area contributed by atoms with Gasteiger partial charge in [-0.1, -0.05) is 5.16 Å². The average Bonchev–Trinajstić information content (AvgIpc) is 2.87. The Kier molecular flexibility index (Phi) is 2.94. The fraction of sp³-hybridized carbons (Fsp3) is 0.167. The first kappa shape index (κ1) is 12.9. The highest BCUT2D eigenvalue weighted by Gasteiger charge is 2.12. The molecule has 0 aliphatic rings. The Morgan fingerprint density at radius 2 is 2.24 bits per heavy atom. The van der Waals surface area contributed by atoms with Crippen LogP contribution >= 0.6 is 0 Å². The van der Waals surface area contributed by atoms with Crippen molar-refractivity contribution in [3.05, 3.63) is 56.7 Å². The van der Waals surface area contributed by atoms with Gasteiger partial charge in [-0.15, -0.1) is 0 Å². The van der Waals surface area contributed by atoms with Crippen LogP contribution in [0, 0.1) is 17.0 Å². The van der Waals surface area contributed by atoms with E-state index in [1.165, 1.54) is 29.1 Å². The summed E-state index contributed by atoms with van der Waals surface area (Å²) < 4.78 is 6.25. The van der Waals surface area contributed by atoms with Gasteiger partial charge in [-0.05, 0) is 13.0 Å². The van der Waals surface area contributed by atoms with Crippen LogP contribution in [0.25, 0.3) is 10.9 Å².